The van der Waals surface area contributed by atoms with Crippen LogP contribution >= 0.6 is 0 Å². The van der Waals surface area contributed by atoms with Crippen molar-refractivity contribution < 1.29 is 9.59 Å². The number of urea groups is 2. The number of nitrogens with zero attached hydrogens (tertiary/aromatic N) is 9. The van der Waals surface area contributed by atoms with Crippen LogP contribution < -0.4 is 125 Å². The number of hydrogen-bond donors (Lipinski definition) is 23. The van der Waals surface area contributed by atoms with Crippen LogP contribution in [0.2, 0.25) is 0 Å². The fraction of sp³-hybridized carbons (Fsp3) is 0.951. The van der Waals surface area contributed by atoms with E-state index < -0.39 is 0 Å². The van der Waals surface area contributed by atoms with E-state index in [1.165, 1.54) is 9.80 Å². The normalized spacial score (nSPS) is 37.0. The summed E-state index contributed by atoms with van der Waals surface area (Å²) in [6, 6.07) is -0.311. The predicted octanol–water partition coefficient (Wildman–Crippen LogP) is -12.9. The van der Waals surface area contributed by atoms with Crippen molar-refractivity contribution >= 4 is 12.1 Å². The predicted molar refractivity (Wildman–Crippen MR) is 296 cm³/mol. The lowest BCUT2D eigenvalue weighted by atomic mass is 10.4. The van der Waals surface area contributed by atoms with Gasteiger partial charge in [0.25, 0.3) is 0 Å². The smallest absolute Gasteiger partial charge is 0.314 e. The van der Waals surface area contributed by atoms with Gasteiger partial charge in [-0.05, 0) is 98.7 Å². The summed E-state index contributed by atoms with van der Waals surface area (Å²) in [6.45, 7) is 6.07. The van der Waals surface area contributed by atoms with Gasteiger partial charge in [0, 0.05) is 14.1 Å². The van der Waals surface area contributed by atoms with Gasteiger partial charge >= 0.3 is 12.1 Å². The molecule has 30 N–H and O–H groups in total. The van der Waals surface area contributed by atoms with Crippen LogP contribution in [0.25, 0.3) is 0 Å². The third-order valence-corrected chi connectivity index (χ3v) is 14.1. The second kappa shape index (κ2) is 34.4. The molecule has 9 fully saturated rings. The first kappa shape index (κ1) is 68.5. The molecular formula is C41H108N32O2. The molecule has 9 rings (SSSR count). The molecule has 4 amide bonds. The van der Waals surface area contributed by atoms with E-state index in [0.29, 0.717) is 0 Å². The molecule has 9 heterocycles. The molecule has 9 aliphatic heterocycles. The fourth-order valence-corrected chi connectivity index (χ4v) is 9.54. The minimum Gasteiger partial charge on any atom is -0.314 e. The molecule has 9 aliphatic rings. The summed E-state index contributed by atoms with van der Waals surface area (Å²) in [6.07, 6.45) is 2.01. The maximum atomic E-state index is 11.1. The number of nitrogens with two attached hydrogens (primary N) is 7. The van der Waals surface area contributed by atoms with Gasteiger partial charge in [0.1, 0.15) is 12.3 Å². The zero-order valence-electron chi connectivity index (χ0n) is 48.1. The highest BCUT2D eigenvalue weighted by molar-refractivity contribution is 5.84. The lowest BCUT2D eigenvalue weighted by Gasteiger charge is -2.22. The number of hydrogen-bond acceptors (Lipinski definition) is 30. The van der Waals surface area contributed by atoms with Crippen molar-refractivity contribution in [3.63, 3.8) is 0 Å². The number of carbonyl (C=O) groups excluding carboxylic acids is 2. The van der Waals surface area contributed by atoms with Gasteiger partial charge < -0.3 is 97.8 Å². The summed E-state index contributed by atoms with van der Waals surface area (Å²) in [7, 11) is 30.9. The summed E-state index contributed by atoms with van der Waals surface area (Å²) in [5.74, 6) is 0. The number of likely N-dealkylation sites (N-methyl/N-ethyl adjacent to an activating group) is 16. The molecule has 0 aliphatic carbocycles. The molecule has 34 nitrogen and oxygen atoms in total. The summed E-state index contributed by atoms with van der Waals surface area (Å²) in [4.78, 5) is 40.1. The Kier molecular flexibility index (Phi) is 31.5. The standard InChI is InChI=1S/C6H10N4O2.7C5H14N4/c1-9-4-3(7-5(9)11)8-6(12)10(4)2;7*1-7-5-4(6)8-3-9(5)2/h3-4H,1-2H3,(H,7,11)(H,8,12);7*4-5,7-8H,3,6H2,1-2H3/t;7*4-,5+/m.1111111/s1. The van der Waals surface area contributed by atoms with E-state index >= 15 is 0 Å². The molecule has 9 saturated heterocycles. The quantitative estimate of drug-likeness (QED) is 0.113. The molecule has 0 saturated carbocycles. The van der Waals surface area contributed by atoms with Crippen molar-refractivity contribution in [3.05, 3.63) is 0 Å². The zero-order valence-corrected chi connectivity index (χ0v) is 48.1. The minimum atomic E-state index is -0.264. The van der Waals surface area contributed by atoms with Crippen LogP contribution in [0.1, 0.15) is 0 Å². The molecule has 75 heavy (non-hydrogen) atoms. The number of fused-ring (bicyclic) bond motifs is 1. The van der Waals surface area contributed by atoms with Crippen LogP contribution in [0.3, 0.4) is 0 Å². The van der Waals surface area contributed by atoms with E-state index in [9.17, 15) is 9.59 Å². The Morgan fingerprint density at radius 3 is 0.547 bits per heavy atom. The Morgan fingerprint density at radius 1 is 0.320 bits per heavy atom. The maximum absolute atomic E-state index is 11.1. The van der Waals surface area contributed by atoms with Crippen molar-refractivity contribution in [2.24, 2.45) is 40.1 Å². The Hall–Kier alpha value is -2.58. The van der Waals surface area contributed by atoms with Crippen molar-refractivity contribution in [2.75, 3.05) is 159 Å². The Bertz CT molecular complexity index is 1240. The Labute approximate surface area is 448 Å². The van der Waals surface area contributed by atoms with Crippen LogP contribution in [-0.4, -0.2) is 314 Å². The Morgan fingerprint density at radius 2 is 0.467 bits per heavy atom. The van der Waals surface area contributed by atoms with Gasteiger partial charge in [-0.25, -0.2) is 9.59 Å². The number of rotatable bonds is 7. The molecule has 0 radical (unpaired) electrons. The average molecular weight is 1080 g/mol. The zero-order chi connectivity index (χ0) is 56.9. The van der Waals surface area contributed by atoms with Crippen LogP contribution in [0, 0.1) is 0 Å². The lowest BCUT2D eigenvalue weighted by Crippen LogP contribution is -2.49. The van der Waals surface area contributed by atoms with Gasteiger partial charge in [-0.15, -0.1) is 0 Å². The molecule has 0 aromatic carbocycles. The van der Waals surface area contributed by atoms with E-state index in [1.54, 1.807) is 14.1 Å². The topological polar surface area (TPSA) is 438 Å². The largest absolute Gasteiger partial charge is 0.320 e. The monoisotopic (exact) mass is 1080 g/mol. The highest BCUT2D eigenvalue weighted by atomic mass is 16.2. The summed E-state index contributed by atoms with van der Waals surface area (Å²) < 4.78 is 0. The van der Waals surface area contributed by atoms with Crippen LogP contribution in [0.4, 0.5) is 9.59 Å². The van der Waals surface area contributed by atoms with E-state index in [1.807, 2.05) is 98.7 Å². The molecule has 0 unspecified atom stereocenters. The molecule has 0 aromatic heterocycles. The third-order valence-electron chi connectivity index (χ3n) is 14.1. The average Bonchev–Trinajstić information content (AvgIpc) is 4.30. The molecule has 0 aromatic rings. The first-order valence-corrected chi connectivity index (χ1v) is 25.5. The van der Waals surface area contributed by atoms with E-state index in [-0.39, 0.29) is 111 Å². The number of amides is 4. The summed E-state index contributed by atoms with van der Waals surface area (Å²) in [5.41, 5.74) is 39.7. The highest BCUT2D eigenvalue weighted by Crippen LogP contribution is 2.18. The summed E-state index contributed by atoms with van der Waals surface area (Å²) in [5, 5.41) is 48.8. The Balaban J connectivity index is 0.000000294. The van der Waals surface area contributed by atoms with Crippen molar-refractivity contribution in [2.45, 2.75) is 98.7 Å². The third kappa shape index (κ3) is 20.2. The van der Waals surface area contributed by atoms with Gasteiger partial charge in [0.2, 0.25) is 0 Å². The molecule has 34 heteroatoms. The maximum Gasteiger partial charge on any atom is 0.320 e. The van der Waals surface area contributed by atoms with Crippen molar-refractivity contribution in [3.8, 4) is 0 Å². The van der Waals surface area contributed by atoms with Crippen LogP contribution in [0.5, 0.6) is 0 Å². The number of nitrogens with one attached hydrogen (secondary N) is 16. The van der Waals surface area contributed by atoms with Gasteiger partial charge in [0.05, 0.1) is 133 Å². The molecule has 0 spiro atoms. The van der Waals surface area contributed by atoms with Gasteiger partial charge in [-0.1, -0.05) is 0 Å². The van der Waals surface area contributed by atoms with Crippen molar-refractivity contribution in [1.29, 1.82) is 0 Å². The molecule has 444 valence electrons. The van der Waals surface area contributed by atoms with Crippen LogP contribution in [0.15, 0.2) is 0 Å². The van der Waals surface area contributed by atoms with Gasteiger partial charge in [0.15, 0.2) is 0 Å². The fourth-order valence-electron chi connectivity index (χ4n) is 9.54. The summed E-state index contributed by atoms with van der Waals surface area (Å²) >= 11 is 0. The van der Waals surface area contributed by atoms with Crippen LogP contribution in [-0.2, 0) is 0 Å². The minimum absolute atomic E-state index is 0.0694. The first-order chi connectivity index (χ1) is 35.4. The first-order valence-electron chi connectivity index (χ1n) is 25.5. The van der Waals surface area contributed by atoms with Gasteiger partial charge in [-0.3, -0.25) is 71.5 Å². The van der Waals surface area contributed by atoms with E-state index in [2.05, 4.69) is 119 Å². The second-order valence-electron chi connectivity index (χ2n) is 19.7. The second-order valence-corrected chi connectivity index (χ2v) is 19.7. The molecular weight excluding hydrogens is 973 g/mol. The van der Waals surface area contributed by atoms with E-state index in [4.69, 9.17) is 40.1 Å². The highest BCUT2D eigenvalue weighted by Gasteiger charge is 2.47. The van der Waals surface area contributed by atoms with Crippen molar-refractivity contribution in [1.82, 2.24) is 129 Å². The SMILES string of the molecule is CN1C(=O)NC2NC(=O)N(C)C21.CN[C@@H]1[C@H](N)NCN1C.CN[C@@H]1[C@H](N)NCN1C.CN[C@@H]1[C@H](N)NCN1C.CN[C@@H]1[C@H](N)NCN1C.CN[C@@H]1[C@H](N)NCN1C.CN[C@@H]1[C@H](N)NCN1C.CN[C@@H]1[C@H](N)NCN1C. The van der Waals surface area contributed by atoms with E-state index in [0.717, 1.165) is 46.7 Å². The molecule has 0 bridgehead atoms. The molecule has 14 atom stereocenters. The van der Waals surface area contributed by atoms with Gasteiger partial charge in [-0.2, -0.15) is 0 Å². The number of carbonyl (C=O) groups is 2. The lowest BCUT2D eigenvalue weighted by molar-refractivity contribution is 0.162.